The lowest BCUT2D eigenvalue weighted by Crippen LogP contribution is -2.46. The molecule has 1 saturated heterocycles. The second-order valence-corrected chi connectivity index (χ2v) is 8.07. The van der Waals surface area contributed by atoms with Crippen molar-refractivity contribution >= 4 is 16.7 Å². The molecule has 0 radical (unpaired) electrons. The van der Waals surface area contributed by atoms with Gasteiger partial charge in [0.2, 0.25) is 0 Å². The third-order valence-electron chi connectivity index (χ3n) is 5.45. The SMILES string of the molecule is CC1CN(CCCNC(=O)c2nn(-c3ccccc3)c(=O)c3ccccc23)CC(C)O1. The predicted octanol–water partition coefficient (Wildman–Crippen LogP) is 2.61. The summed E-state index contributed by atoms with van der Waals surface area (Å²) in [4.78, 5) is 28.3. The summed E-state index contributed by atoms with van der Waals surface area (Å²) in [7, 11) is 0. The van der Waals surface area contributed by atoms with Gasteiger partial charge in [0.05, 0.1) is 23.3 Å². The number of nitrogens with one attached hydrogen (secondary N) is 1. The van der Waals surface area contributed by atoms with Crippen LogP contribution in [-0.2, 0) is 4.74 Å². The van der Waals surface area contributed by atoms with Crippen molar-refractivity contribution in [3.8, 4) is 5.69 Å². The van der Waals surface area contributed by atoms with Gasteiger partial charge in [0.1, 0.15) is 0 Å². The third kappa shape index (κ3) is 4.84. The summed E-state index contributed by atoms with van der Waals surface area (Å²) in [5.41, 5.74) is 0.643. The van der Waals surface area contributed by atoms with Crippen LogP contribution in [0, 0.1) is 0 Å². The number of rotatable bonds is 6. The van der Waals surface area contributed by atoms with E-state index in [9.17, 15) is 9.59 Å². The average Bonchev–Trinajstić information content (AvgIpc) is 2.77. The molecule has 2 aromatic carbocycles. The number of benzene rings is 2. The van der Waals surface area contributed by atoms with E-state index < -0.39 is 0 Å². The topological polar surface area (TPSA) is 76.5 Å². The van der Waals surface area contributed by atoms with Crippen LogP contribution in [0.25, 0.3) is 16.5 Å². The molecule has 1 aliphatic rings. The first-order chi connectivity index (χ1) is 15.0. The van der Waals surface area contributed by atoms with Crippen LogP contribution in [-0.4, -0.2) is 59.0 Å². The lowest BCUT2D eigenvalue weighted by molar-refractivity contribution is -0.0680. The van der Waals surface area contributed by atoms with Crippen molar-refractivity contribution < 1.29 is 9.53 Å². The van der Waals surface area contributed by atoms with Crippen LogP contribution < -0.4 is 10.9 Å². The summed E-state index contributed by atoms with van der Waals surface area (Å²) in [6.45, 7) is 7.43. The molecule has 2 atom stereocenters. The Kier molecular flexibility index (Phi) is 6.44. The molecule has 1 aromatic heterocycles. The highest BCUT2D eigenvalue weighted by Gasteiger charge is 2.22. The molecule has 31 heavy (non-hydrogen) atoms. The fourth-order valence-corrected chi connectivity index (χ4v) is 4.16. The van der Waals surface area contributed by atoms with Crippen molar-refractivity contribution in [2.75, 3.05) is 26.2 Å². The largest absolute Gasteiger partial charge is 0.373 e. The summed E-state index contributed by atoms with van der Waals surface area (Å²) >= 11 is 0. The first-order valence-electron chi connectivity index (χ1n) is 10.8. The van der Waals surface area contributed by atoms with Crippen molar-refractivity contribution in [2.24, 2.45) is 0 Å². The van der Waals surface area contributed by atoms with E-state index in [-0.39, 0.29) is 29.4 Å². The van der Waals surface area contributed by atoms with Gasteiger partial charge in [-0.3, -0.25) is 14.5 Å². The number of hydrogen-bond donors (Lipinski definition) is 1. The summed E-state index contributed by atoms with van der Waals surface area (Å²) in [5, 5.41) is 8.44. The molecule has 1 fully saturated rings. The van der Waals surface area contributed by atoms with Crippen molar-refractivity contribution in [2.45, 2.75) is 32.5 Å². The highest BCUT2D eigenvalue weighted by atomic mass is 16.5. The van der Waals surface area contributed by atoms with E-state index in [1.807, 2.05) is 24.3 Å². The van der Waals surface area contributed by atoms with E-state index >= 15 is 0 Å². The third-order valence-corrected chi connectivity index (χ3v) is 5.45. The molecule has 0 bridgehead atoms. The van der Waals surface area contributed by atoms with Crippen LogP contribution in [0.5, 0.6) is 0 Å². The van der Waals surface area contributed by atoms with E-state index in [0.29, 0.717) is 23.0 Å². The van der Waals surface area contributed by atoms with E-state index in [1.54, 1.807) is 30.3 Å². The summed E-state index contributed by atoms with van der Waals surface area (Å²) in [6.07, 6.45) is 1.29. The number of aromatic nitrogens is 2. The Balaban J connectivity index is 1.50. The zero-order chi connectivity index (χ0) is 21.8. The van der Waals surface area contributed by atoms with Crippen LogP contribution >= 0.6 is 0 Å². The van der Waals surface area contributed by atoms with Crippen LogP contribution in [0.2, 0.25) is 0 Å². The van der Waals surface area contributed by atoms with Gasteiger partial charge in [-0.15, -0.1) is 0 Å². The van der Waals surface area contributed by atoms with E-state index in [1.165, 1.54) is 4.68 Å². The van der Waals surface area contributed by atoms with E-state index in [4.69, 9.17) is 4.74 Å². The van der Waals surface area contributed by atoms with Gasteiger partial charge >= 0.3 is 0 Å². The fourth-order valence-electron chi connectivity index (χ4n) is 4.16. The highest BCUT2D eigenvalue weighted by molar-refractivity contribution is 6.04. The Morgan fingerprint density at radius 3 is 2.39 bits per heavy atom. The Morgan fingerprint density at radius 1 is 1.03 bits per heavy atom. The fraction of sp³-hybridized carbons (Fsp3) is 0.375. The molecule has 3 aromatic rings. The molecule has 0 saturated carbocycles. The molecular formula is C24H28N4O3. The minimum Gasteiger partial charge on any atom is -0.373 e. The average molecular weight is 421 g/mol. The van der Waals surface area contributed by atoms with Gasteiger partial charge in [0.15, 0.2) is 5.69 Å². The van der Waals surface area contributed by atoms with Crippen molar-refractivity contribution in [1.82, 2.24) is 20.0 Å². The summed E-state index contributed by atoms with van der Waals surface area (Å²) in [5.74, 6) is -0.274. The lowest BCUT2D eigenvalue weighted by atomic mass is 10.1. The maximum absolute atomic E-state index is 13.0. The second-order valence-electron chi connectivity index (χ2n) is 8.07. The normalized spacial score (nSPS) is 19.4. The van der Waals surface area contributed by atoms with Gasteiger partial charge < -0.3 is 10.1 Å². The van der Waals surface area contributed by atoms with Gasteiger partial charge in [0, 0.05) is 31.6 Å². The van der Waals surface area contributed by atoms with Gasteiger partial charge in [-0.25, -0.2) is 0 Å². The van der Waals surface area contributed by atoms with E-state index in [2.05, 4.69) is 29.2 Å². The molecular weight excluding hydrogens is 392 g/mol. The maximum atomic E-state index is 13.0. The maximum Gasteiger partial charge on any atom is 0.279 e. The van der Waals surface area contributed by atoms with E-state index in [0.717, 1.165) is 26.1 Å². The zero-order valence-corrected chi connectivity index (χ0v) is 18.0. The smallest absolute Gasteiger partial charge is 0.279 e. The molecule has 1 aliphatic heterocycles. The first kappa shape index (κ1) is 21.2. The molecule has 0 spiro atoms. The number of hydrogen-bond acceptors (Lipinski definition) is 5. The standard InChI is InChI=1S/C24H28N4O3/c1-17-15-27(16-18(2)31-17)14-8-13-25-23(29)22-20-11-6-7-12-21(20)24(30)28(26-22)19-9-4-3-5-10-19/h3-7,9-12,17-18H,8,13-16H2,1-2H3,(H,25,29). The quantitative estimate of drug-likeness (QED) is 0.621. The van der Waals surface area contributed by atoms with Crippen molar-refractivity contribution in [1.29, 1.82) is 0 Å². The molecule has 7 nitrogen and oxygen atoms in total. The summed E-state index contributed by atoms with van der Waals surface area (Å²) in [6, 6.07) is 16.3. The zero-order valence-electron chi connectivity index (χ0n) is 18.0. The Morgan fingerprint density at radius 2 is 1.68 bits per heavy atom. The first-order valence-corrected chi connectivity index (χ1v) is 10.8. The number of nitrogens with zero attached hydrogens (tertiary/aromatic N) is 3. The lowest BCUT2D eigenvalue weighted by Gasteiger charge is -2.35. The summed E-state index contributed by atoms with van der Waals surface area (Å²) < 4.78 is 7.07. The van der Waals surface area contributed by atoms with Gasteiger partial charge in [-0.05, 0) is 38.5 Å². The Hall–Kier alpha value is -3.03. The van der Waals surface area contributed by atoms with Crippen molar-refractivity contribution in [3.05, 3.63) is 70.6 Å². The number of amides is 1. The molecule has 0 aliphatic carbocycles. The molecule has 1 N–H and O–H groups in total. The predicted molar refractivity (Wildman–Crippen MR) is 121 cm³/mol. The molecule has 7 heteroatoms. The molecule has 4 rings (SSSR count). The second kappa shape index (κ2) is 9.41. The number of ether oxygens (including phenoxy) is 1. The van der Waals surface area contributed by atoms with Gasteiger partial charge in [-0.1, -0.05) is 36.4 Å². The van der Waals surface area contributed by atoms with Crippen LogP contribution in [0.1, 0.15) is 30.8 Å². The molecule has 162 valence electrons. The molecule has 2 unspecified atom stereocenters. The Bertz CT molecular complexity index is 1100. The van der Waals surface area contributed by atoms with Crippen LogP contribution in [0.15, 0.2) is 59.4 Å². The van der Waals surface area contributed by atoms with Crippen LogP contribution in [0.3, 0.4) is 0 Å². The highest BCUT2D eigenvalue weighted by Crippen LogP contribution is 2.15. The van der Waals surface area contributed by atoms with Crippen LogP contribution in [0.4, 0.5) is 0 Å². The van der Waals surface area contributed by atoms with Crippen molar-refractivity contribution in [3.63, 3.8) is 0 Å². The molecule has 2 heterocycles. The Labute approximate surface area is 181 Å². The number of carbonyl (C=O) groups is 1. The van der Waals surface area contributed by atoms with Gasteiger partial charge in [-0.2, -0.15) is 9.78 Å². The number of carbonyl (C=O) groups excluding carboxylic acids is 1. The minimum absolute atomic E-state index is 0.230. The molecule has 1 amide bonds. The number of morpholine rings is 1. The van der Waals surface area contributed by atoms with Gasteiger partial charge in [0.25, 0.3) is 11.5 Å². The minimum atomic E-state index is -0.274. The monoisotopic (exact) mass is 420 g/mol. The number of para-hydroxylation sites is 1. The number of fused-ring (bicyclic) bond motifs is 1.